The SMILES string of the molecule is CC1CCCN1CCOc1ccc(N2C(=O)CC[C@H]2CN2CCCCC2)cc1. The average molecular weight is 386 g/mol. The van der Waals surface area contributed by atoms with Crippen LogP contribution in [0.1, 0.15) is 51.9 Å². The molecule has 0 aromatic heterocycles. The molecule has 0 saturated carbocycles. The van der Waals surface area contributed by atoms with E-state index in [0.717, 1.165) is 37.6 Å². The quantitative estimate of drug-likeness (QED) is 0.719. The third-order valence-electron chi connectivity index (χ3n) is 6.70. The Morgan fingerprint density at radius 1 is 1.00 bits per heavy atom. The number of carbonyl (C=O) groups excluding carboxylic acids is 1. The molecule has 5 nitrogen and oxygen atoms in total. The number of piperidine rings is 1. The summed E-state index contributed by atoms with van der Waals surface area (Å²) in [6.07, 6.45) is 8.19. The van der Waals surface area contributed by atoms with E-state index in [1.807, 2.05) is 17.0 Å². The Labute approximate surface area is 169 Å². The molecule has 3 heterocycles. The van der Waals surface area contributed by atoms with Crippen LogP contribution in [0.5, 0.6) is 5.75 Å². The highest BCUT2D eigenvalue weighted by Gasteiger charge is 2.33. The molecule has 3 saturated heterocycles. The molecular formula is C23H35N3O2. The Balaban J connectivity index is 1.31. The first-order chi connectivity index (χ1) is 13.7. The van der Waals surface area contributed by atoms with E-state index in [0.29, 0.717) is 18.5 Å². The Morgan fingerprint density at radius 2 is 1.79 bits per heavy atom. The lowest BCUT2D eigenvalue weighted by molar-refractivity contribution is -0.117. The number of benzene rings is 1. The van der Waals surface area contributed by atoms with Gasteiger partial charge in [-0.3, -0.25) is 9.69 Å². The first kappa shape index (κ1) is 19.7. The van der Waals surface area contributed by atoms with Crippen LogP contribution < -0.4 is 9.64 Å². The van der Waals surface area contributed by atoms with Gasteiger partial charge in [0.1, 0.15) is 12.4 Å². The van der Waals surface area contributed by atoms with Crippen LogP contribution in [0.25, 0.3) is 0 Å². The number of rotatable bonds is 7. The number of ether oxygens (including phenoxy) is 1. The number of likely N-dealkylation sites (tertiary alicyclic amines) is 2. The van der Waals surface area contributed by atoms with Crippen LogP contribution in [0.3, 0.4) is 0 Å². The molecule has 154 valence electrons. The van der Waals surface area contributed by atoms with Crippen molar-refractivity contribution in [3.8, 4) is 5.75 Å². The third kappa shape index (κ3) is 4.69. The fraction of sp³-hybridized carbons (Fsp3) is 0.696. The smallest absolute Gasteiger partial charge is 0.227 e. The van der Waals surface area contributed by atoms with Crippen LogP contribution in [0.2, 0.25) is 0 Å². The van der Waals surface area contributed by atoms with Crippen molar-refractivity contribution < 1.29 is 9.53 Å². The van der Waals surface area contributed by atoms with Crippen LogP contribution in [-0.2, 0) is 4.79 Å². The zero-order valence-electron chi connectivity index (χ0n) is 17.3. The molecular weight excluding hydrogens is 350 g/mol. The second kappa shape index (κ2) is 9.27. The molecule has 3 aliphatic rings. The van der Waals surface area contributed by atoms with E-state index in [1.165, 1.54) is 51.7 Å². The van der Waals surface area contributed by atoms with Crippen molar-refractivity contribution in [2.45, 2.75) is 64.0 Å². The highest BCUT2D eigenvalue weighted by molar-refractivity contribution is 5.96. The van der Waals surface area contributed by atoms with Gasteiger partial charge < -0.3 is 14.5 Å². The molecule has 3 aliphatic heterocycles. The number of amides is 1. The van der Waals surface area contributed by atoms with E-state index in [-0.39, 0.29) is 5.91 Å². The van der Waals surface area contributed by atoms with Crippen LogP contribution in [0, 0.1) is 0 Å². The van der Waals surface area contributed by atoms with Crippen molar-refractivity contribution in [2.24, 2.45) is 0 Å². The van der Waals surface area contributed by atoms with Gasteiger partial charge in [-0.05, 0) is 82.9 Å². The number of nitrogens with zero attached hydrogens (tertiary/aromatic N) is 3. The zero-order valence-corrected chi connectivity index (χ0v) is 17.3. The first-order valence-electron chi connectivity index (χ1n) is 11.2. The summed E-state index contributed by atoms with van der Waals surface area (Å²) in [6.45, 7) is 8.59. The molecule has 0 bridgehead atoms. The van der Waals surface area contributed by atoms with E-state index >= 15 is 0 Å². The van der Waals surface area contributed by atoms with Gasteiger partial charge in [-0.15, -0.1) is 0 Å². The largest absolute Gasteiger partial charge is 0.492 e. The molecule has 0 N–H and O–H groups in total. The van der Waals surface area contributed by atoms with Crippen LogP contribution in [0.4, 0.5) is 5.69 Å². The second-order valence-electron chi connectivity index (χ2n) is 8.69. The van der Waals surface area contributed by atoms with E-state index in [9.17, 15) is 4.79 Å². The van der Waals surface area contributed by atoms with Crippen LogP contribution in [0.15, 0.2) is 24.3 Å². The molecule has 3 fully saturated rings. The van der Waals surface area contributed by atoms with Gasteiger partial charge in [-0.1, -0.05) is 6.42 Å². The zero-order chi connectivity index (χ0) is 19.3. The molecule has 1 aromatic rings. The minimum Gasteiger partial charge on any atom is -0.492 e. The fourth-order valence-corrected chi connectivity index (χ4v) is 5.02. The molecule has 0 aliphatic carbocycles. The second-order valence-corrected chi connectivity index (χ2v) is 8.69. The predicted molar refractivity (Wildman–Crippen MR) is 113 cm³/mol. The molecule has 1 amide bonds. The Hall–Kier alpha value is -1.59. The van der Waals surface area contributed by atoms with Gasteiger partial charge in [0.2, 0.25) is 5.91 Å². The summed E-state index contributed by atoms with van der Waals surface area (Å²) >= 11 is 0. The van der Waals surface area contributed by atoms with Gasteiger partial charge in [0.05, 0.1) is 6.04 Å². The number of hydrogen-bond acceptors (Lipinski definition) is 4. The van der Waals surface area contributed by atoms with Crippen molar-refractivity contribution in [2.75, 3.05) is 44.2 Å². The lowest BCUT2D eigenvalue weighted by Crippen LogP contribution is -2.43. The molecule has 1 aromatic carbocycles. The highest BCUT2D eigenvalue weighted by Crippen LogP contribution is 2.29. The van der Waals surface area contributed by atoms with E-state index in [4.69, 9.17) is 4.74 Å². The van der Waals surface area contributed by atoms with Gasteiger partial charge >= 0.3 is 0 Å². The topological polar surface area (TPSA) is 36.0 Å². The van der Waals surface area contributed by atoms with Crippen LogP contribution in [-0.4, -0.2) is 67.1 Å². The van der Waals surface area contributed by atoms with Gasteiger partial charge in [-0.25, -0.2) is 0 Å². The highest BCUT2D eigenvalue weighted by atomic mass is 16.5. The summed E-state index contributed by atoms with van der Waals surface area (Å²) in [5.41, 5.74) is 1.02. The van der Waals surface area contributed by atoms with Crippen molar-refractivity contribution >= 4 is 11.6 Å². The minimum absolute atomic E-state index is 0.263. The van der Waals surface area contributed by atoms with Crippen LogP contribution >= 0.6 is 0 Å². The Bertz CT molecular complexity index is 642. The molecule has 0 radical (unpaired) electrons. The van der Waals surface area contributed by atoms with Gasteiger partial charge in [0, 0.05) is 31.2 Å². The molecule has 1 unspecified atom stereocenters. The summed E-state index contributed by atoms with van der Waals surface area (Å²) in [5, 5.41) is 0. The standard InChI is InChI=1S/C23H35N3O2/c1-19-6-5-15-25(19)16-17-28-22-10-7-20(8-11-22)26-21(9-12-23(26)27)18-24-13-3-2-4-14-24/h7-8,10-11,19,21H,2-6,9,12-18H2,1H3/t19?,21-/m0/s1. The Morgan fingerprint density at radius 3 is 2.50 bits per heavy atom. The monoisotopic (exact) mass is 385 g/mol. The Kier molecular flexibility index (Phi) is 6.53. The van der Waals surface area contributed by atoms with Crippen molar-refractivity contribution in [1.29, 1.82) is 0 Å². The molecule has 5 heteroatoms. The molecule has 0 spiro atoms. The van der Waals surface area contributed by atoms with Gasteiger partial charge in [-0.2, -0.15) is 0 Å². The maximum Gasteiger partial charge on any atom is 0.227 e. The molecule has 4 rings (SSSR count). The van der Waals surface area contributed by atoms with Crippen molar-refractivity contribution in [3.63, 3.8) is 0 Å². The van der Waals surface area contributed by atoms with Crippen molar-refractivity contribution in [3.05, 3.63) is 24.3 Å². The average Bonchev–Trinajstić information content (AvgIpc) is 3.29. The molecule has 2 atom stereocenters. The maximum absolute atomic E-state index is 12.5. The fourth-order valence-electron chi connectivity index (χ4n) is 5.02. The summed E-state index contributed by atoms with van der Waals surface area (Å²) in [5.74, 6) is 1.16. The number of anilines is 1. The normalized spacial score (nSPS) is 26.9. The summed E-state index contributed by atoms with van der Waals surface area (Å²) < 4.78 is 5.96. The lowest BCUT2D eigenvalue weighted by Gasteiger charge is -2.33. The minimum atomic E-state index is 0.263. The summed E-state index contributed by atoms with van der Waals surface area (Å²) in [6, 6.07) is 9.15. The summed E-state index contributed by atoms with van der Waals surface area (Å²) in [7, 11) is 0. The van der Waals surface area contributed by atoms with E-state index < -0.39 is 0 Å². The van der Waals surface area contributed by atoms with Gasteiger partial charge in [0.15, 0.2) is 0 Å². The van der Waals surface area contributed by atoms with E-state index in [2.05, 4.69) is 28.9 Å². The first-order valence-corrected chi connectivity index (χ1v) is 11.2. The van der Waals surface area contributed by atoms with E-state index in [1.54, 1.807) is 0 Å². The predicted octanol–water partition coefficient (Wildman–Crippen LogP) is 3.53. The lowest BCUT2D eigenvalue weighted by atomic mass is 10.1. The van der Waals surface area contributed by atoms with Crippen molar-refractivity contribution in [1.82, 2.24) is 9.80 Å². The summed E-state index contributed by atoms with van der Waals surface area (Å²) in [4.78, 5) is 19.6. The van der Waals surface area contributed by atoms with Gasteiger partial charge in [0.25, 0.3) is 0 Å². The third-order valence-corrected chi connectivity index (χ3v) is 6.70. The molecule has 28 heavy (non-hydrogen) atoms. The number of hydrogen-bond donors (Lipinski definition) is 0. The maximum atomic E-state index is 12.5. The number of carbonyl (C=O) groups is 1.